The minimum Gasteiger partial charge on any atom is -0.451 e. The molecule has 0 spiro atoms. The normalized spacial score (nSPS) is 11.2. The molecule has 1 aromatic carbocycles. The molecule has 1 amide bonds. The summed E-state index contributed by atoms with van der Waals surface area (Å²) >= 11 is 3.04. The lowest BCUT2D eigenvalue weighted by Gasteiger charge is -2.06. The van der Waals surface area contributed by atoms with Gasteiger partial charge in [-0.3, -0.25) is 9.48 Å². The molecule has 6 nitrogen and oxygen atoms in total. The Morgan fingerprint density at radius 1 is 1.19 bits per heavy atom. The number of carbonyl (C=O) groups is 2. The maximum absolute atomic E-state index is 12.3. The van der Waals surface area contributed by atoms with E-state index in [9.17, 15) is 9.59 Å². The minimum absolute atomic E-state index is 0.334. The van der Waals surface area contributed by atoms with E-state index in [1.54, 1.807) is 16.0 Å². The van der Waals surface area contributed by atoms with Crippen LogP contribution in [0.4, 0.5) is 5.69 Å². The highest BCUT2D eigenvalue weighted by Crippen LogP contribution is 2.39. The summed E-state index contributed by atoms with van der Waals surface area (Å²) in [6, 6.07) is 9.93. The molecule has 0 unspecified atom stereocenters. The van der Waals surface area contributed by atoms with Crippen molar-refractivity contribution in [1.29, 1.82) is 0 Å². The molecule has 0 aliphatic heterocycles. The number of fused-ring (bicyclic) bond motifs is 3. The zero-order valence-corrected chi connectivity index (χ0v) is 16.7. The van der Waals surface area contributed by atoms with Crippen LogP contribution in [-0.2, 0) is 16.6 Å². The number of ether oxygens (including phenoxy) is 1. The predicted octanol–water partition coefficient (Wildman–Crippen LogP) is 4.26. The average molecular weight is 399 g/mol. The molecule has 138 valence electrons. The molecule has 0 fully saturated rings. The first-order chi connectivity index (χ1) is 12.9. The number of anilines is 1. The van der Waals surface area contributed by atoms with Crippen LogP contribution in [0.15, 0.2) is 30.3 Å². The summed E-state index contributed by atoms with van der Waals surface area (Å²) in [6.07, 6.45) is 0. The summed E-state index contributed by atoms with van der Waals surface area (Å²) < 4.78 is 10.2. The van der Waals surface area contributed by atoms with Crippen LogP contribution in [0.2, 0.25) is 0 Å². The first kappa shape index (κ1) is 17.7. The molecular formula is C19H17N3O3S2. The fraction of sp³-hybridized carbons (Fsp3) is 0.211. The van der Waals surface area contributed by atoms with Gasteiger partial charge in [-0.05, 0) is 26.0 Å². The highest BCUT2D eigenvalue weighted by molar-refractivity contribution is 7.33. The van der Waals surface area contributed by atoms with Gasteiger partial charge in [0.2, 0.25) is 0 Å². The summed E-state index contributed by atoms with van der Waals surface area (Å²) in [5.74, 6) is -0.867. The van der Waals surface area contributed by atoms with E-state index in [2.05, 4.69) is 16.5 Å². The van der Waals surface area contributed by atoms with Crippen LogP contribution in [0.5, 0.6) is 0 Å². The van der Waals surface area contributed by atoms with Gasteiger partial charge in [0.15, 0.2) is 6.61 Å². The van der Waals surface area contributed by atoms with Gasteiger partial charge in [-0.2, -0.15) is 5.10 Å². The smallest absolute Gasteiger partial charge is 0.348 e. The molecule has 4 aromatic rings. The lowest BCUT2D eigenvalue weighted by Crippen LogP contribution is -2.21. The number of nitrogens with one attached hydrogen (secondary N) is 1. The van der Waals surface area contributed by atoms with Crippen molar-refractivity contribution in [2.45, 2.75) is 13.8 Å². The number of carbonyl (C=O) groups excluding carboxylic acids is 2. The summed E-state index contributed by atoms with van der Waals surface area (Å²) in [6.45, 7) is 3.35. The van der Waals surface area contributed by atoms with Crippen molar-refractivity contribution < 1.29 is 14.3 Å². The molecule has 4 rings (SSSR count). The number of amides is 1. The van der Waals surface area contributed by atoms with Crippen LogP contribution in [0.25, 0.3) is 19.5 Å². The Balaban J connectivity index is 1.44. The third-order valence-corrected chi connectivity index (χ3v) is 6.75. The Hall–Kier alpha value is -2.71. The van der Waals surface area contributed by atoms with E-state index in [1.807, 2.05) is 45.2 Å². The van der Waals surface area contributed by atoms with Crippen LogP contribution >= 0.6 is 22.7 Å². The number of hydrogen-bond donors (Lipinski definition) is 1. The Labute approximate surface area is 163 Å². The van der Waals surface area contributed by atoms with Gasteiger partial charge in [-0.15, -0.1) is 22.7 Å². The standard InChI is InChI=1S/C19H17N3O3S2/c1-10-17(11(2)22(3)21-10)20-16(23)9-25-19(24)15-8-14-18(27-15)12-6-4-5-7-13(12)26-14/h4-8H,9H2,1-3H3,(H,20,23). The van der Waals surface area contributed by atoms with Crippen molar-refractivity contribution in [3.05, 3.63) is 46.6 Å². The average Bonchev–Trinajstić information content (AvgIpc) is 3.27. The second-order valence-corrected chi connectivity index (χ2v) is 8.33. The third kappa shape index (κ3) is 3.22. The van der Waals surface area contributed by atoms with Crippen molar-refractivity contribution in [1.82, 2.24) is 9.78 Å². The fourth-order valence-corrected chi connectivity index (χ4v) is 5.35. The van der Waals surface area contributed by atoms with Gasteiger partial charge < -0.3 is 10.1 Å². The molecule has 0 saturated carbocycles. The Morgan fingerprint density at radius 3 is 2.70 bits per heavy atom. The first-order valence-corrected chi connectivity index (χ1v) is 9.95. The molecule has 8 heteroatoms. The molecule has 0 aliphatic rings. The topological polar surface area (TPSA) is 73.2 Å². The fourth-order valence-electron chi connectivity index (χ4n) is 2.93. The molecule has 0 aliphatic carbocycles. The summed E-state index contributed by atoms with van der Waals surface area (Å²) in [5, 5.41) is 8.15. The van der Waals surface area contributed by atoms with E-state index in [0.29, 0.717) is 10.6 Å². The Kier molecular flexibility index (Phi) is 4.45. The van der Waals surface area contributed by atoms with Gasteiger partial charge in [-0.1, -0.05) is 18.2 Å². The molecule has 0 saturated heterocycles. The van der Waals surface area contributed by atoms with Gasteiger partial charge in [0.25, 0.3) is 5.91 Å². The highest BCUT2D eigenvalue weighted by Gasteiger charge is 2.18. The van der Waals surface area contributed by atoms with Crippen molar-refractivity contribution >= 4 is 59.7 Å². The van der Waals surface area contributed by atoms with Gasteiger partial charge >= 0.3 is 5.97 Å². The van der Waals surface area contributed by atoms with E-state index >= 15 is 0 Å². The second-order valence-electron chi connectivity index (χ2n) is 6.20. The van der Waals surface area contributed by atoms with E-state index < -0.39 is 5.97 Å². The molecule has 0 atom stereocenters. The Morgan fingerprint density at radius 2 is 1.96 bits per heavy atom. The largest absolute Gasteiger partial charge is 0.451 e. The number of aryl methyl sites for hydroxylation is 2. The number of rotatable bonds is 4. The maximum atomic E-state index is 12.3. The van der Waals surface area contributed by atoms with Gasteiger partial charge in [0.1, 0.15) is 4.88 Å². The van der Waals surface area contributed by atoms with Crippen molar-refractivity contribution in [2.75, 3.05) is 11.9 Å². The van der Waals surface area contributed by atoms with Gasteiger partial charge in [0.05, 0.1) is 21.8 Å². The van der Waals surface area contributed by atoms with E-state index in [1.165, 1.54) is 16.0 Å². The molecule has 0 radical (unpaired) electrons. The molecular weight excluding hydrogens is 382 g/mol. The number of thiophene rings is 2. The zero-order chi connectivity index (χ0) is 19.1. The number of aromatic nitrogens is 2. The number of hydrogen-bond acceptors (Lipinski definition) is 6. The molecule has 1 N–H and O–H groups in total. The molecule has 27 heavy (non-hydrogen) atoms. The SMILES string of the molecule is Cc1nn(C)c(C)c1NC(=O)COC(=O)c1cc2sc3ccccc3c2s1. The van der Waals surface area contributed by atoms with E-state index in [4.69, 9.17) is 4.74 Å². The zero-order valence-electron chi connectivity index (χ0n) is 15.0. The van der Waals surface area contributed by atoms with Crippen LogP contribution in [0.1, 0.15) is 21.1 Å². The molecule has 3 aromatic heterocycles. The molecule has 0 bridgehead atoms. The summed E-state index contributed by atoms with van der Waals surface area (Å²) in [4.78, 5) is 25.0. The van der Waals surface area contributed by atoms with E-state index in [0.717, 1.165) is 26.2 Å². The van der Waals surface area contributed by atoms with Crippen LogP contribution in [-0.4, -0.2) is 28.3 Å². The summed E-state index contributed by atoms with van der Waals surface area (Å²) in [7, 11) is 1.81. The van der Waals surface area contributed by atoms with E-state index in [-0.39, 0.29) is 12.5 Å². The monoisotopic (exact) mass is 399 g/mol. The first-order valence-electron chi connectivity index (χ1n) is 8.32. The maximum Gasteiger partial charge on any atom is 0.348 e. The predicted molar refractivity (Wildman–Crippen MR) is 109 cm³/mol. The van der Waals surface area contributed by atoms with Crippen molar-refractivity contribution in [3.63, 3.8) is 0 Å². The van der Waals surface area contributed by atoms with Crippen LogP contribution < -0.4 is 5.32 Å². The van der Waals surface area contributed by atoms with Crippen molar-refractivity contribution in [2.24, 2.45) is 7.05 Å². The number of nitrogens with zero attached hydrogens (tertiary/aromatic N) is 2. The van der Waals surface area contributed by atoms with Crippen LogP contribution in [0, 0.1) is 13.8 Å². The number of benzene rings is 1. The lowest BCUT2D eigenvalue weighted by atomic mass is 10.2. The number of esters is 1. The highest BCUT2D eigenvalue weighted by atomic mass is 32.1. The summed E-state index contributed by atoms with van der Waals surface area (Å²) in [5.41, 5.74) is 2.22. The minimum atomic E-state index is -0.484. The van der Waals surface area contributed by atoms with Gasteiger partial charge in [0, 0.05) is 21.8 Å². The lowest BCUT2D eigenvalue weighted by molar-refractivity contribution is -0.119. The van der Waals surface area contributed by atoms with Gasteiger partial charge in [-0.25, -0.2) is 4.79 Å². The molecule has 3 heterocycles. The Bertz CT molecular complexity index is 1190. The third-order valence-electron chi connectivity index (χ3n) is 4.36. The second kappa shape index (κ2) is 6.79. The quantitative estimate of drug-likeness (QED) is 0.520. The van der Waals surface area contributed by atoms with Crippen LogP contribution in [0.3, 0.4) is 0 Å². The van der Waals surface area contributed by atoms with Crippen molar-refractivity contribution in [3.8, 4) is 0 Å².